The lowest BCUT2D eigenvalue weighted by atomic mass is 9.78. The molecule has 1 spiro atoms. The number of hydrogen-bond acceptors (Lipinski definition) is 5. The molecule has 1 atom stereocenters. The number of hydrogen-bond donors (Lipinski definition) is 2. The van der Waals surface area contributed by atoms with Crippen LogP contribution in [-0.4, -0.2) is 67.2 Å². The van der Waals surface area contributed by atoms with E-state index in [1.54, 1.807) is 0 Å². The Bertz CT molecular complexity index is 927. The van der Waals surface area contributed by atoms with Crippen molar-refractivity contribution in [3.8, 4) is 0 Å². The molecule has 0 saturated carbocycles. The van der Waals surface area contributed by atoms with Crippen molar-refractivity contribution in [2.75, 3.05) is 25.5 Å². The van der Waals surface area contributed by atoms with Crippen LogP contribution in [0.2, 0.25) is 0 Å². The fraction of sp³-hybridized carbons (Fsp3) is 0.619. The van der Waals surface area contributed by atoms with Crippen molar-refractivity contribution in [3.05, 3.63) is 35.4 Å². The highest BCUT2D eigenvalue weighted by atomic mass is 32.2. The van der Waals surface area contributed by atoms with Gasteiger partial charge < -0.3 is 5.32 Å². The van der Waals surface area contributed by atoms with Crippen LogP contribution in [0.15, 0.2) is 24.3 Å². The number of rotatable bonds is 6. The highest BCUT2D eigenvalue weighted by Crippen LogP contribution is 2.33. The average Bonchev–Trinajstić information content (AvgIpc) is 2.93. The van der Waals surface area contributed by atoms with Gasteiger partial charge in [0.05, 0.1) is 12.4 Å². The van der Waals surface area contributed by atoms with Crippen LogP contribution >= 0.6 is 0 Å². The molecule has 0 bridgehead atoms. The van der Waals surface area contributed by atoms with Crippen LogP contribution in [0.3, 0.4) is 0 Å². The second-order valence-corrected chi connectivity index (χ2v) is 10.5. The highest BCUT2D eigenvalue weighted by Gasteiger charge is 2.52. The van der Waals surface area contributed by atoms with Gasteiger partial charge in [0.25, 0.3) is 5.91 Å². The zero-order valence-corrected chi connectivity index (χ0v) is 18.2. The molecule has 2 aliphatic heterocycles. The SMILES string of the molecule is CCCS(=O)(=O)NC1CCN(CN2C(=O)NC3(CCc4ccccc4C3)C2=O)CC1. The van der Waals surface area contributed by atoms with Crippen molar-refractivity contribution in [3.63, 3.8) is 0 Å². The number of carbonyl (C=O) groups is 2. The lowest BCUT2D eigenvalue weighted by molar-refractivity contribution is -0.133. The third-order valence-corrected chi connectivity index (χ3v) is 8.06. The zero-order valence-electron chi connectivity index (χ0n) is 17.4. The molecule has 2 heterocycles. The molecule has 30 heavy (non-hydrogen) atoms. The van der Waals surface area contributed by atoms with Gasteiger partial charge in [-0.05, 0) is 43.2 Å². The number of fused-ring (bicyclic) bond motifs is 1. The molecule has 9 heteroatoms. The molecule has 1 unspecified atom stereocenters. The van der Waals surface area contributed by atoms with Gasteiger partial charge in [0.1, 0.15) is 5.54 Å². The first-order chi connectivity index (χ1) is 14.3. The summed E-state index contributed by atoms with van der Waals surface area (Å²) in [4.78, 5) is 29.3. The summed E-state index contributed by atoms with van der Waals surface area (Å²) < 4.78 is 26.7. The second kappa shape index (κ2) is 8.28. The van der Waals surface area contributed by atoms with Crippen molar-refractivity contribution in [1.82, 2.24) is 19.8 Å². The molecule has 2 N–H and O–H groups in total. The number of imide groups is 1. The van der Waals surface area contributed by atoms with E-state index in [2.05, 4.69) is 21.0 Å². The zero-order chi connectivity index (χ0) is 21.4. The fourth-order valence-corrected chi connectivity index (χ4v) is 6.20. The maximum Gasteiger partial charge on any atom is 0.326 e. The quantitative estimate of drug-likeness (QED) is 0.656. The molecule has 1 aromatic rings. The molecular formula is C21H30N4O4S. The van der Waals surface area contributed by atoms with Crippen LogP contribution in [0.4, 0.5) is 4.79 Å². The highest BCUT2D eigenvalue weighted by molar-refractivity contribution is 7.89. The number of urea groups is 1. The van der Waals surface area contributed by atoms with Gasteiger partial charge in [-0.2, -0.15) is 0 Å². The number of benzene rings is 1. The van der Waals surface area contributed by atoms with E-state index in [4.69, 9.17) is 0 Å². The summed E-state index contributed by atoms with van der Waals surface area (Å²) >= 11 is 0. The molecule has 2 fully saturated rings. The number of piperidine rings is 1. The number of sulfonamides is 1. The first-order valence-corrected chi connectivity index (χ1v) is 12.4. The number of nitrogens with zero attached hydrogens (tertiary/aromatic N) is 2. The lowest BCUT2D eigenvalue weighted by Crippen LogP contribution is -2.52. The minimum Gasteiger partial charge on any atom is -0.323 e. The number of nitrogens with one attached hydrogen (secondary N) is 2. The monoisotopic (exact) mass is 434 g/mol. The maximum atomic E-state index is 13.2. The second-order valence-electron chi connectivity index (χ2n) is 8.66. The Morgan fingerprint density at radius 3 is 2.57 bits per heavy atom. The summed E-state index contributed by atoms with van der Waals surface area (Å²) in [6, 6.07) is 7.68. The summed E-state index contributed by atoms with van der Waals surface area (Å²) in [5.41, 5.74) is 1.54. The van der Waals surface area contributed by atoms with Gasteiger partial charge >= 0.3 is 6.03 Å². The molecule has 4 rings (SSSR count). The standard InChI is InChI=1S/C21H30N4O4S/c1-2-13-30(28,29)23-18-8-11-24(12-9-18)15-25-19(26)21(22-20(25)27)10-7-16-5-3-4-6-17(16)14-21/h3-6,18,23H,2,7-15H2,1H3,(H,22,27). The summed E-state index contributed by atoms with van der Waals surface area (Å²) in [5.74, 6) is -0.00582. The van der Waals surface area contributed by atoms with E-state index >= 15 is 0 Å². The van der Waals surface area contributed by atoms with Gasteiger partial charge in [0.15, 0.2) is 0 Å². The third kappa shape index (κ3) is 4.24. The van der Waals surface area contributed by atoms with Crippen LogP contribution in [0.25, 0.3) is 0 Å². The van der Waals surface area contributed by atoms with Crippen molar-refractivity contribution in [1.29, 1.82) is 0 Å². The maximum absolute atomic E-state index is 13.2. The van der Waals surface area contributed by atoms with Gasteiger partial charge in [-0.25, -0.2) is 22.8 Å². The van der Waals surface area contributed by atoms with Crippen molar-refractivity contribution in [2.24, 2.45) is 0 Å². The fourth-order valence-electron chi connectivity index (χ4n) is 4.80. The molecule has 1 aromatic carbocycles. The van der Waals surface area contributed by atoms with Gasteiger partial charge in [0, 0.05) is 25.6 Å². The number of amides is 3. The molecule has 0 radical (unpaired) electrons. The molecule has 3 amide bonds. The molecule has 0 aromatic heterocycles. The Morgan fingerprint density at radius 1 is 1.17 bits per heavy atom. The van der Waals surface area contributed by atoms with E-state index in [0.717, 1.165) is 12.0 Å². The van der Waals surface area contributed by atoms with Gasteiger partial charge in [-0.15, -0.1) is 0 Å². The van der Waals surface area contributed by atoms with Gasteiger partial charge in [-0.1, -0.05) is 31.2 Å². The van der Waals surface area contributed by atoms with Gasteiger partial charge in [0.2, 0.25) is 10.0 Å². The van der Waals surface area contributed by atoms with E-state index < -0.39 is 15.6 Å². The third-order valence-electron chi connectivity index (χ3n) is 6.43. The van der Waals surface area contributed by atoms with E-state index in [-0.39, 0.29) is 30.4 Å². The summed E-state index contributed by atoms with van der Waals surface area (Å²) in [5, 5.41) is 2.97. The van der Waals surface area contributed by atoms with Crippen LogP contribution in [0.1, 0.15) is 43.7 Å². The van der Waals surface area contributed by atoms with Gasteiger partial charge in [-0.3, -0.25) is 9.69 Å². The number of likely N-dealkylation sites (tertiary alicyclic amines) is 1. The Balaban J connectivity index is 1.35. The minimum absolute atomic E-state index is 0.0814. The lowest BCUT2D eigenvalue weighted by Gasteiger charge is -2.35. The normalized spacial score (nSPS) is 25.6. The summed E-state index contributed by atoms with van der Waals surface area (Å²) in [6.07, 6.45) is 3.86. The van der Waals surface area contributed by atoms with Crippen LogP contribution in [0, 0.1) is 0 Å². The predicted molar refractivity (Wildman–Crippen MR) is 113 cm³/mol. The van der Waals surface area contributed by atoms with Crippen molar-refractivity contribution < 1.29 is 18.0 Å². The Hall–Kier alpha value is -1.97. The largest absolute Gasteiger partial charge is 0.326 e. The van der Waals surface area contributed by atoms with Crippen LogP contribution < -0.4 is 10.0 Å². The van der Waals surface area contributed by atoms with E-state index in [9.17, 15) is 18.0 Å². The average molecular weight is 435 g/mol. The predicted octanol–water partition coefficient (Wildman–Crippen LogP) is 1.22. The number of carbonyl (C=O) groups excluding carboxylic acids is 2. The first-order valence-electron chi connectivity index (χ1n) is 10.8. The Morgan fingerprint density at radius 2 is 1.87 bits per heavy atom. The van der Waals surface area contributed by atoms with Crippen LogP contribution in [0.5, 0.6) is 0 Å². The van der Waals surface area contributed by atoms with Crippen molar-refractivity contribution in [2.45, 2.75) is 57.0 Å². The summed E-state index contributed by atoms with van der Waals surface area (Å²) in [7, 11) is -3.23. The van der Waals surface area contributed by atoms with Crippen molar-refractivity contribution >= 4 is 22.0 Å². The molecule has 3 aliphatic rings. The van der Waals surface area contributed by atoms with Crippen LogP contribution in [-0.2, 0) is 27.7 Å². The Labute approximate surface area is 178 Å². The molecule has 2 saturated heterocycles. The number of aryl methyl sites for hydroxylation is 1. The Kier molecular flexibility index (Phi) is 5.87. The smallest absolute Gasteiger partial charge is 0.323 e. The van der Waals surface area contributed by atoms with E-state index in [1.807, 2.05) is 25.1 Å². The topological polar surface area (TPSA) is 98.8 Å². The minimum atomic E-state index is -3.23. The van der Waals surface area contributed by atoms with E-state index in [1.165, 1.54) is 10.5 Å². The molecule has 1 aliphatic carbocycles. The molecular weight excluding hydrogens is 404 g/mol. The first kappa shape index (κ1) is 21.3. The molecule has 8 nitrogen and oxygen atoms in total. The van der Waals surface area contributed by atoms with E-state index in [0.29, 0.717) is 45.2 Å². The summed E-state index contributed by atoms with van der Waals surface area (Å²) in [6.45, 7) is 3.39. The molecule has 164 valence electrons.